The second kappa shape index (κ2) is 5.96. The van der Waals surface area contributed by atoms with E-state index in [4.69, 9.17) is 16.0 Å². The lowest BCUT2D eigenvalue weighted by atomic mass is 10.2. The normalized spacial score (nSPS) is 12.0. The fourth-order valence-corrected chi connectivity index (χ4v) is 1.89. The standard InChI is InChI=1S/C14H13ClFNO3/c1-8(11-6-7-12(20-11)14(18)19-2)17-10-5-3-4-9(15)13(10)16/h3-8,17H,1-2H3. The molecule has 0 fully saturated rings. The summed E-state index contributed by atoms with van der Waals surface area (Å²) in [6.07, 6.45) is 0. The van der Waals surface area contributed by atoms with Crippen molar-refractivity contribution in [1.82, 2.24) is 0 Å². The first-order chi connectivity index (χ1) is 9.52. The maximum Gasteiger partial charge on any atom is 0.373 e. The first-order valence-corrected chi connectivity index (χ1v) is 6.29. The summed E-state index contributed by atoms with van der Waals surface area (Å²) in [5.41, 5.74) is 0.265. The first-order valence-electron chi connectivity index (χ1n) is 5.91. The molecular formula is C14H13ClFNO3. The Kier molecular flexibility index (Phi) is 4.29. The zero-order valence-electron chi connectivity index (χ0n) is 10.9. The zero-order valence-corrected chi connectivity index (χ0v) is 11.7. The molecule has 20 heavy (non-hydrogen) atoms. The number of hydrogen-bond donors (Lipinski definition) is 1. The lowest BCUT2D eigenvalue weighted by molar-refractivity contribution is 0.0562. The van der Waals surface area contributed by atoms with Gasteiger partial charge in [0.2, 0.25) is 5.76 Å². The Hall–Kier alpha value is -2.01. The van der Waals surface area contributed by atoms with Crippen molar-refractivity contribution in [3.63, 3.8) is 0 Å². The minimum Gasteiger partial charge on any atom is -0.463 e. The van der Waals surface area contributed by atoms with Gasteiger partial charge in [0, 0.05) is 0 Å². The van der Waals surface area contributed by atoms with Crippen LogP contribution in [0.5, 0.6) is 0 Å². The van der Waals surface area contributed by atoms with Crippen LogP contribution in [0.25, 0.3) is 0 Å². The molecule has 4 nitrogen and oxygen atoms in total. The average molecular weight is 298 g/mol. The average Bonchev–Trinajstić information content (AvgIpc) is 2.93. The van der Waals surface area contributed by atoms with Crippen molar-refractivity contribution in [3.05, 3.63) is 52.7 Å². The Morgan fingerprint density at radius 1 is 1.40 bits per heavy atom. The highest BCUT2D eigenvalue weighted by Gasteiger charge is 2.16. The van der Waals surface area contributed by atoms with E-state index in [0.717, 1.165) is 0 Å². The quantitative estimate of drug-likeness (QED) is 0.866. The molecule has 1 heterocycles. The number of halogens is 2. The van der Waals surface area contributed by atoms with Gasteiger partial charge in [-0.05, 0) is 31.2 Å². The number of nitrogens with one attached hydrogen (secondary N) is 1. The van der Waals surface area contributed by atoms with E-state index in [0.29, 0.717) is 5.76 Å². The van der Waals surface area contributed by atoms with Gasteiger partial charge in [-0.3, -0.25) is 0 Å². The van der Waals surface area contributed by atoms with Gasteiger partial charge in [-0.1, -0.05) is 17.7 Å². The summed E-state index contributed by atoms with van der Waals surface area (Å²) < 4.78 is 23.7. The molecule has 1 atom stereocenters. The van der Waals surface area contributed by atoms with Crippen molar-refractivity contribution in [2.45, 2.75) is 13.0 Å². The number of hydrogen-bond acceptors (Lipinski definition) is 4. The predicted molar refractivity (Wildman–Crippen MR) is 73.5 cm³/mol. The fraction of sp³-hybridized carbons (Fsp3) is 0.214. The van der Waals surface area contributed by atoms with Crippen molar-refractivity contribution in [2.75, 3.05) is 12.4 Å². The van der Waals surface area contributed by atoms with Crippen molar-refractivity contribution in [3.8, 4) is 0 Å². The van der Waals surface area contributed by atoms with Crippen LogP contribution in [0, 0.1) is 5.82 Å². The number of methoxy groups -OCH3 is 1. The van der Waals surface area contributed by atoms with Crippen LogP contribution in [0.3, 0.4) is 0 Å². The van der Waals surface area contributed by atoms with E-state index in [2.05, 4.69) is 10.1 Å². The van der Waals surface area contributed by atoms with Crippen LogP contribution >= 0.6 is 11.6 Å². The molecule has 0 aliphatic heterocycles. The van der Waals surface area contributed by atoms with Crippen molar-refractivity contribution in [1.29, 1.82) is 0 Å². The van der Waals surface area contributed by atoms with Gasteiger partial charge < -0.3 is 14.5 Å². The predicted octanol–water partition coefficient (Wildman–Crippen LogP) is 4.03. The lowest BCUT2D eigenvalue weighted by Gasteiger charge is -2.14. The molecule has 2 rings (SSSR count). The van der Waals surface area contributed by atoms with Gasteiger partial charge in [-0.25, -0.2) is 9.18 Å². The molecule has 0 aliphatic carbocycles. The van der Waals surface area contributed by atoms with Crippen molar-refractivity contribution in [2.24, 2.45) is 0 Å². The van der Waals surface area contributed by atoms with E-state index in [1.54, 1.807) is 25.1 Å². The van der Waals surface area contributed by atoms with Gasteiger partial charge in [-0.15, -0.1) is 0 Å². The Morgan fingerprint density at radius 3 is 2.85 bits per heavy atom. The number of rotatable bonds is 4. The molecule has 0 saturated carbocycles. The molecule has 1 aromatic carbocycles. The third-order valence-corrected chi connectivity index (χ3v) is 3.06. The van der Waals surface area contributed by atoms with Crippen LogP contribution in [0.15, 0.2) is 34.7 Å². The van der Waals surface area contributed by atoms with Crippen LogP contribution in [0.1, 0.15) is 29.3 Å². The minimum absolute atomic E-state index is 0.0388. The van der Waals surface area contributed by atoms with Crippen molar-refractivity contribution < 1.29 is 18.3 Å². The molecule has 106 valence electrons. The van der Waals surface area contributed by atoms with Gasteiger partial charge >= 0.3 is 5.97 Å². The number of esters is 1. The summed E-state index contributed by atoms with van der Waals surface area (Å²) in [5, 5.41) is 2.97. The highest BCUT2D eigenvalue weighted by Crippen LogP contribution is 2.26. The Balaban J connectivity index is 2.16. The number of benzene rings is 1. The molecule has 0 amide bonds. The van der Waals surface area contributed by atoms with Gasteiger partial charge in [-0.2, -0.15) is 0 Å². The maximum absolute atomic E-state index is 13.8. The zero-order chi connectivity index (χ0) is 14.7. The van der Waals surface area contributed by atoms with Crippen LogP contribution in [0.4, 0.5) is 10.1 Å². The van der Waals surface area contributed by atoms with Crippen LogP contribution in [-0.4, -0.2) is 13.1 Å². The molecule has 2 aromatic rings. The topological polar surface area (TPSA) is 51.5 Å². The van der Waals surface area contributed by atoms with Crippen LogP contribution < -0.4 is 5.32 Å². The fourth-order valence-electron chi connectivity index (χ4n) is 1.72. The summed E-state index contributed by atoms with van der Waals surface area (Å²) in [7, 11) is 1.27. The second-order valence-electron chi connectivity index (χ2n) is 4.16. The van der Waals surface area contributed by atoms with E-state index in [1.165, 1.54) is 19.2 Å². The second-order valence-corrected chi connectivity index (χ2v) is 4.57. The monoisotopic (exact) mass is 297 g/mol. The Morgan fingerprint density at radius 2 is 2.15 bits per heavy atom. The van der Waals surface area contributed by atoms with Gasteiger partial charge in [0.25, 0.3) is 0 Å². The number of carbonyl (C=O) groups is 1. The molecule has 0 aliphatic rings. The number of anilines is 1. The Labute approximate surface area is 120 Å². The number of ether oxygens (including phenoxy) is 1. The van der Waals surface area contributed by atoms with E-state index in [1.807, 2.05) is 0 Å². The molecule has 1 N–H and O–H groups in total. The van der Waals surface area contributed by atoms with E-state index in [9.17, 15) is 9.18 Å². The number of furan rings is 1. The van der Waals surface area contributed by atoms with Gasteiger partial charge in [0.1, 0.15) is 5.76 Å². The van der Waals surface area contributed by atoms with Crippen LogP contribution in [-0.2, 0) is 4.74 Å². The highest BCUT2D eigenvalue weighted by molar-refractivity contribution is 6.31. The van der Waals surface area contributed by atoms with Gasteiger partial charge in [0.05, 0.1) is 23.9 Å². The summed E-state index contributed by atoms with van der Waals surface area (Å²) in [6, 6.07) is 7.49. The molecule has 1 aromatic heterocycles. The maximum atomic E-state index is 13.8. The molecule has 0 bridgehead atoms. The molecule has 1 unspecified atom stereocenters. The van der Waals surface area contributed by atoms with Gasteiger partial charge in [0.15, 0.2) is 5.82 Å². The summed E-state index contributed by atoms with van der Waals surface area (Å²) in [4.78, 5) is 11.3. The summed E-state index contributed by atoms with van der Waals surface area (Å²) in [5.74, 6) is -0.495. The molecule has 0 radical (unpaired) electrons. The van der Waals surface area contributed by atoms with E-state index < -0.39 is 11.8 Å². The van der Waals surface area contributed by atoms with E-state index in [-0.39, 0.29) is 22.5 Å². The molecule has 0 spiro atoms. The van der Waals surface area contributed by atoms with E-state index >= 15 is 0 Å². The smallest absolute Gasteiger partial charge is 0.373 e. The van der Waals surface area contributed by atoms with Crippen LogP contribution in [0.2, 0.25) is 5.02 Å². The van der Waals surface area contributed by atoms with Crippen molar-refractivity contribution >= 4 is 23.3 Å². The lowest BCUT2D eigenvalue weighted by Crippen LogP contribution is -2.07. The Bertz CT molecular complexity index is 627. The molecule has 0 saturated heterocycles. The third-order valence-electron chi connectivity index (χ3n) is 2.76. The summed E-state index contributed by atoms with van der Waals surface area (Å²) in [6.45, 7) is 1.78. The minimum atomic E-state index is -0.558. The highest BCUT2D eigenvalue weighted by atomic mass is 35.5. The third kappa shape index (κ3) is 2.93. The largest absolute Gasteiger partial charge is 0.463 e. The number of carbonyl (C=O) groups excluding carboxylic acids is 1. The first kappa shape index (κ1) is 14.4. The summed E-state index contributed by atoms with van der Waals surface area (Å²) >= 11 is 5.71. The molecule has 6 heteroatoms. The SMILES string of the molecule is COC(=O)c1ccc(C(C)Nc2cccc(Cl)c2F)o1. The molecular weight excluding hydrogens is 285 g/mol.